The predicted molar refractivity (Wildman–Crippen MR) is 54.0 cm³/mol. The topological polar surface area (TPSA) is 40.9 Å². The van der Waals surface area contributed by atoms with Gasteiger partial charge >= 0.3 is 0 Å². The molecule has 0 spiro atoms. The van der Waals surface area contributed by atoms with Crippen LogP contribution in [-0.2, 0) is 0 Å². The minimum absolute atomic E-state index is 0.0898. The minimum atomic E-state index is -0.495. The van der Waals surface area contributed by atoms with Gasteiger partial charge in [-0.3, -0.25) is 4.79 Å². The fourth-order valence-electron chi connectivity index (χ4n) is 1.27. The van der Waals surface area contributed by atoms with E-state index in [1.165, 1.54) is 6.07 Å². The third-order valence-electron chi connectivity index (χ3n) is 1.82. The number of Topliss-reactive ketones (excluding diaryl/α,β-unsaturated/α-hetero) is 1. The number of benzene rings is 1. The predicted octanol–water partition coefficient (Wildman–Crippen LogP) is 2.58. The molecule has 0 bridgehead atoms. The molecule has 1 aromatic carbocycles. The van der Waals surface area contributed by atoms with Crippen LogP contribution in [0.5, 0.6) is 0 Å². The van der Waals surface area contributed by atoms with Crippen molar-refractivity contribution in [1.29, 1.82) is 5.26 Å². The average molecular weight is 256 g/mol. The lowest BCUT2D eigenvalue weighted by atomic mass is 9.99. The van der Waals surface area contributed by atoms with Crippen LogP contribution in [0.1, 0.15) is 21.5 Å². The number of aryl methyl sites for hydroxylation is 1. The fourth-order valence-corrected chi connectivity index (χ4v) is 1.55. The number of hydrogen-bond donors (Lipinski definition) is 0. The highest BCUT2D eigenvalue weighted by atomic mass is 79.9. The highest BCUT2D eigenvalue weighted by Crippen LogP contribution is 2.17. The van der Waals surface area contributed by atoms with Crippen LogP contribution in [0, 0.1) is 24.1 Å². The first-order valence-electron chi connectivity index (χ1n) is 3.89. The number of carbonyl (C=O) groups excluding carboxylic acids is 1. The maximum Gasteiger partial charge on any atom is 0.174 e. The molecule has 0 saturated heterocycles. The summed E-state index contributed by atoms with van der Waals surface area (Å²) in [5.41, 5.74) is 0.878. The SMILES string of the molecule is Cc1cc(F)cc(C#N)c1C(=O)CBr. The lowest BCUT2D eigenvalue weighted by Crippen LogP contribution is -2.06. The molecule has 1 aromatic rings. The smallest absolute Gasteiger partial charge is 0.174 e. The second kappa shape index (κ2) is 4.34. The van der Waals surface area contributed by atoms with E-state index in [0.717, 1.165) is 6.07 Å². The number of nitrogens with zero attached hydrogens (tertiary/aromatic N) is 1. The van der Waals surface area contributed by atoms with Gasteiger partial charge in [-0.15, -0.1) is 0 Å². The molecule has 0 unspecified atom stereocenters. The summed E-state index contributed by atoms with van der Waals surface area (Å²) in [6, 6.07) is 4.13. The number of halogens is 2. The monoisotopic (exact) mass is 255 g/mol. The Labute approximate surface area is 89.5 Å². The normalized spacial score (nSPS) is 9.57. The number of alkyl halides is 1. The van der Waals surface area contributed by atoms with Crippen LogP contribution in [0.25, 0.3) is 0 Å². The Bertz CT molecular complexity index is 423. The van der Waals surface area contributed by atoms with Crippen molar-refractivity contribution in [2.45, 2.75) is 6.92 Å². The summed E-state index contributed by atoms with van der Waals surface area (Å²) in [6.07, 6.45) is 0. The average Bonchev–Trinajstić information content (AvgIpc) is 2.15. The maximum absolute atomic E-state index is 12.9. The van der Waals surface area contributed by atoms with Crippen molar-refractivity contribution < 1.29 is 9.18 Å². The summed E-state index contributed by atoms with van der Waals surface area (Å²) in [7, 11) is 0. The van der Waals surface area contributed by atoms with Gasteiger partial charge < -0.3 is 0 Å². The van der Waals surface area contributed by atoms with Crippen molar-refractivity contribution in [3.63, 3.8) is 0 Å². The molecule has 0 atom stereocenters. The molecular formula is C10H7BrFNO. The van der Waals surface area contributed by atoms with E-state index >= 15 is 0 Å². The van der Waals surface area contributed by atoms with E-state index in [-0.39, 0.29) is 16.7 Å². The molecular weight excluding hydrogens is 249 g/mol. The van der Waals surface area contributed by atoms with Crippen LogP contribution >= 0.6 is 15.9 Å². The Morgan fingerprint density at radius 1 is 1.64 bits per heavy atom. The number of hydrogen-bond acceptors (Lipinski definition) is 2. The molecule has 1 rings (SSSR count). The third-order valence-corrected chi connectivity index (χ3v) is 2.33. The van der Waals surface area contributed by atoms with E-state index in [4.69, 9.17) is 5.26 Å². The summed E-state index contributed by atoms with van der Waals surface area (Å²) < 4.78 is 12.9. The third kappa shape index (κ3) is 1.99. The molecule has 0 aliphatic rings. The van der Waals surface area contributed by atoms with Gasteiger partial charge in [0.2, 0.25) is 0 Å². The largest absolute Gasteiger partial charge is 0.293 e. The zero-order valence-corrected chi connectivity index (χ0v) is 9.06. The second-order valence-corrected chi connectivity index (χ2v) is 3.37. The number of ketones is 1. The molecule has 0 aliphatic heterocycles. The van der Waals surface area contributed by atoms with Crippen LogP contribution in [0.3, 0.4) is 0 Å². The van der Waals surface area contributed by atoms with Crippen LogP contribution < -0.4 is 0 Å². The first-order chi connectivity index (χ1) is 6.60. The summed E-state index contributed by atoms with van der Waals surface area (Å²) in [5.74, 6) is -0.704. The first-order valence-corrected chi connectivity index (χ1v) is 5.01. The Balaban J connectivity index is 3.42. The zero-order valence-electron chi connectivity index (χ0n) is 7.47. The van der Waals surface area contributed by atoms with Gasteiger partial charge in [0.1, 0.15) is 5.82 Å². The van der Waals surface area contributed by atoms with Gasteiger partial charge in [-0.25, -0.2) is 4.39 Å². The van der Waals surface area contributed by atoms with E-state index < -0.39 is 5.82 Å². The Morgan fingerprint density at radius 2 is 2.29 bits per heavy atom. The molecule has 0 radical (unpaired) electrons. The minimum Gasteiger partial charge on any atom is -0.293 e. The molecule has 0 aromatic heterocycles. The van der Waals surface area contributed by atoms with Crippen LogP contribution in [0.15, 0.2) is 12.1 Å². The molecule has 72 valence electrons. The molecule has 0 aliphatic carbocycles. The molecule has 0 fully saturated rings. The van der Waals surface area contributed by atoms with E-state index in [2.05, 4.69) is 15.9 Å². The lowest BCUT2D eigenvalue weighted by molar-refractivity contribution is 0.102. The lowest BCUT2D eigenvalue weighted by Gasteiger charge is -2.05. The standard InChI is InChI=1S/C10H7BrFNO/c1-6-2-8(12)3-7(5-13)10(6)9(14)4-11/h2-3H,4H2,1H3. The number of nitriles is 1. The van der Waals surface area contributed by atoms with Crippen molar-refractivity contribution in [3.8, 4) is 6.07 Å². The van der Waals surface area contributed by atoms with Crippen LogP contribution in [0.4, 0.5) is 4.39 Å². The first kappa shape index (κ1) is 10.9. The fraction of sp³-hybridized carbons (Fsp3) is 0.200. The zero-order chi connectivity index (χ0) is 10.7. The van der Waals surface area contributed by atoms with Gasteiger partial charge in [0.25, 0.3) is 0 Å². The van der Waals surface area contributed by atoms with E-state index in [1.54, 1.807) is 6.92 Å². The van der Waals surface area contributed by atoms with Gasteiger partial charge in [-0.1, -0.05) is 15.9 Å². The van der Waals surface area contributed by atoms with Crippen molar-refractivity contribution >= 4 is 21.7 Å². The summed E-state index contributed by atoms with van der Waals surface area (Å²) >= 11 is 3.01. The van der Waals surface area contributed by atoms with Crippen LogP contribution in [0.2, 0.25) is 0 Å². The summed E-state index contributed by atoms with van der Waals surface area (Å²) in [4.78, 5) is 11.4. The Kier molecular flexibility index (Phi) is 3.37. The van der Waals surface area contributed by atoms with E-state index in [0.29, 0.717) is 11.1 Å². The second-order valence-electron chi connectivity index (χ2n) is 2.81. The molecule has 0 N–H and O–H groups in total. The summed E-state index contributed by atoms with van der Waals surface area (Å²) in [6.45, 7) is 1.61. The van der Waals surface area contributed by atoms with E-state index in [9.17, 15) is 9.18 Å². The highest BCUT2D eigenvalue weighted by molar-refractivity contribution is 9.09. The quantitative estimate of drug-likeness (QED) is 0.602. The molecule has 14 heavy (non-hydrogen) atoms. The maximum atomic E-state index is 12.9. The number of carbonyl (C=O) groups is 1. The van der Waals surface area contributed by atoms with Crippen molar-refractivity contribution in [1.82, 2.24) is 0 Å². The Morgan fingerprint density at radius 3 is 2.79 bits per heavy atom. The van der Waals surface area contributed by atoms with Gasteiger partial charge in [0, 0.05) is 5.56 Å². The van der Waals surface area contributed by atoms with Crippen molar-refractivity contribution in [2.24, 2.45) is 0 Å². The van der Waals surface area contributed by atoms with Crippen molar-refractivity contribution in [2.75, 3.05) is 5.33 Å². The molecule has 2 nitrogen and oxygen atoms in total. The molecule has 0 saturated carbocycles. The van der Waals surface area contributed by atoms with E-state index in [1.807, 2.05) is 6.07 Å². The Hall–Kier alpha value is -1.21. The molecule has 0 heterocycles. The van der Waals surface area contributed by atoms with Crippen LogP contribution in [-0.4, -0.2) is 11.1 Å². The number of rotatable bonds is 2. The molecule has 0 amide bonds. The van der Waals surface area contributed by atoms with Gasteiger partial charge in [0.05, 0.1) is 17.0 Å². The van der Waals surface area contributed by atoms with Gasteiger partial charge in [-0.05, 0) is 24.6 Å². The molecule has 4 heteroatoms. The van der Waals surface area contributed by atoms with Gasteiger partial charge in [0.15, 0.2) is 5.78 Å². The summed E-state index contributed by atoms with van der Waals surface area (Å²) in [5, 5.41) is 8.86. The van der Waals surface area contributed by atoms with Crippen molar-refractivity contribution in [3.05, 3.63) is 34.6 Å². The highest BCUT2D eigenvalue weighted by Gasteiger charge is 2.14. The van der Waals surface area contributed by atoms with Gasteiger partial charge in [-0.2, -0.15) is 5.26 Å².